The number of rotatable bonds is 5. The number of carbonyl (C=O) groups is 1. The van der Waals surface area contributed by atoms with Gasteiger partial charge in [0.25, 0.3) is 5.56 Å². The van der Waals surface area contributed by atoms with Crippen molar-refractivity contribution in [1.82, 2.24) is 24.4 Å². The van der Waals surface area contributed by atoms with Crippen molar-refractivity contribution in [3.8, 4) is 11.1 Å². The summed E-state index contributed by atoms with van der Waals surface area (Å²) in [6.45, 7) is 1.79. The molecule has 0 aliphatic heterocycles. The fourth-order valence-electron chi connectivity index (χ4n) is 4.01. The lowest BCUT2D eigenvalue weighted by Gasteiger charge is -2.16. The second-order valence-corrected chi connectivity index (χ2v) is 7.71. The highest BCUT2D eigenvalue weighted by Crippen LogP contribution is 2.28. The number of nitrogens with zero attached hydrogens (tertiary/aromatic N) is 5. The molecule has 0 bridgehead atoms. The van der Waals surface area contributed by atoms with Crippen LogP contribution in [-0.2, 0) is 11.2 Å². The fraction of sp³-hybridized carbons (Fsp3) is 0.125. The number of carboxylic acid groups (broad SMARTS) is 1. The van der Waals surface area contributed by atoms with Crippen molar-refractivity contribution in [2.75, 3.05) is 0 Å². The molecule has 5 aromatic rings. The van der Waals surface area contributed by atoms with Crippen LogP contribution >= 0.6 is 0 Å². The van der Waals surface area contributed by atoms with E-state index in [1.165, 1.54) is 22.8 Å². The van der Waals surface area contributed by atoms with Crippen molar-refractivity contribution in [1.29, 1.82) is 0 Å². The van der Waals surface area contributed by atoms with E-state index in [9.17, 15) is 19.1 Å². The van der Waals surface area contributed by atoms with Crippen LogP contribution in [0.4, 0.5) is 4.39 Å². The number of fused-ring (bicyclic) bond motifs is 3. The molecule has 0 aliphatic rings. The molecule has 0 radical (unpaired) electrons. The van der Waals surface area contributed by atoms with Crippen LogP contribution in [0.2, 0.25) is 0 Å². The summed E-state index contributed by atoms with van der Waals surface area (Å²) in [7, 11) is 0. The van der Waals surface area contributed by atoms with Gasteiger partial charge in [0, 0.05) is 12.6 Å². The molecule has 8 nitrogen and oxygen atoms in total. The molecule has 1 atom stereocenters. The average Bonchev–Trinajstić information content (AvgIpc) is 3.15. The van der Waals surface area contributed by atoms with E-state index in [4.69, 9.17) is 0 Å². The first-order valence-corrected chi connectivity index (χ1v) is 10.2. The summed E-state index contributed by atoms with van der Waals surface area (Å²) in [5.74, 6) is -1.48. The molecule has 3 heterocycles. The highest BCUT2D eigenvalue weighted by molar-refractivity contribution is 5.84. The predicted octanol–water partition coefficient (Wildman–Crippen LogP) is 3.42. The maximum Gasteiger partial charge on any atom is 0.327 e. The van der Waals surface area contributed by atoms with E-state index in [-0.39, 0.29) is 17.8 Å². The second kappa shape index (κ2) is 7.94. The van der Waals surface area contributed by atoms with Gasteiger partial charge in [0.05, 0.1) is 11.3 Å². The topological polar surface area (TPSA) is 102 Å². The van der Waals surface area contributed by atoms with Gasteiger partial charge < -0.3 is 5.11 Å². The van der Waals surface area contributed by atoms with Crippen LogP contribution in [0.1, 0.15) is 17.3 Å². The molecule has 3 aromatic heterocycles. The zero-order chi connectivity index (χ0) is 23.1. The predicted molar refractivity (Wildman–Crippen MR) is 119 cm³/mol. The van der Waals surface area contributed by atoms with Crippen molar-refractivity contribution in [2.45, 2.75) is 19.4 Å². The van der Waals surface area contributed by atoms with Crippen LogP contribution in [0.25, 0.3) is 27.8 Å². The Balaban J connectivity index is 1.65. The zero-order valence-corrected chi connectivity index (χ0v) is 17.5. The maximum absolute atomic E-state index is 13.4. The van der Waals surface area contributed by atoms with Crippen LogP contribution in [0, 0.1) is 12.7 Å². The summed E-state index contributed by atoms with van der Waals surface area (Å²) in [6.07, 6.45) is 1.59. The molecule has 1 unspecified atom stereocenters. The minimum Gasteiger partial charge on any atom is -0.480 e. The lowest BCUT2D eigenvalue weighted by Crippen LogP contribution is -2.31. The van der Waals surface area contributed by atoms with Gasteiger partial charge in [0.15, 0.2) is 11.2 Å². The number of benzene rings is 2. The lowest BCUT2D eigenvalue weighted by atomic mass is 10.1. The first kappa shape index (κ1) is 20.5. The van der Waals surface area contributed by atoms with Gasteiger partial charge in [-0.05, 0) is 36.2 Å². The van der Waals surface area contributed by atoms with Gasteiger partial charge in [-0.15, -0.1) is 10.2 Å². The summed E-state index contributed by atoms with van der Waals surface area (Å²) in [6, 6.07) is 15.6. The van der Waals surface area contributed by atoms with Gasteiger partial charge >= 0.3 is 5.97 Å². The Morgan fingerprint density at radius 1 is 1.06 bits per heavy atom. The smallest absolute Gasteiger partial charge is 0.327 e. The molecule has 2 aromatic carbocycles. The molecule has 0 amide bonds. The summed E-state index contributed by atoms with van der Waals surface area (Å²) >= 11 is 0. The van der Waals surface area contributed by atoms with E-state index in [1.54, 1.807) is 25.1 Å². The van der Waals surface area contributed by atoms with Gasteiger partial charge in [-0.1, -0.05) is 42.5 Å². The molecule has 164 valence electrons. The number of aliphatic carboxylic acids is 1. The van der Waals surface area contributed by atoms with Crippen LogP contribution in [-0.4, -0.2) is 35.5 Å². The summed E-state index contributed by atoms with van der Waals surface area (Å²) in [4.78, 5) is 25.2. The Labute approximate surface area is 186 Å². The number of pyridine rings is 1. The normalized spacial score (nSPS) is 12.3. The van der Waals surface area contributed by atoms with Crippen molar-refractivity contribution in [2.24, 2.45) is 0 Å². The van der Waals surface area contributed by atoms with E-state index >= 15 is 0 Å². The second-order valence-electron chi connectivity index (χ2n) is 7.71. The number of hydrogen-bond acceptors (Lipinski definition) is 5. The minimum atomic E-state index is -1.12. The molecular formula is C24H18FN5O3. The van der Waals surface area contributed by atoms with E-state index < -0.39 is 17.6 Å². The highest BCUT2D eigenvalue weighted by atomic mass is 19.1. The Hall–Kier alpha value is -4.40. The third-order valence-electron chi connectivity index (χ3n) is 5.61. The molecule has 0 spiro atoms. The van der Waals surface area contributed by atoms with Gasteiger partial charge in [-0.25, -0.2) is 13.7 Å². The monoisotopic (exact) mass is 443 g/mol. The van der Waals surface area contributed by atoms with E-state index in [2.05, 4.69) is 15.3 Å². The van der Waals surface area contributed by atoms with E-state index in [0.29, 0.717) is 22.4 Å². The van der Waals surface area contributed by atoms with Crippen molar-refractivity contribution in [3.05, 3.63) is 94.3 Å². The Morgan fingerprint density at radius 3 is 2.48 bits per heavy atom. The SMILES string of the molecule is Cc1nn2c(nnc3c(=O)n(C(Cc4ccccc4)C(=O)O)ccc32)c1-c1ccc(F)cc1. The number of halogens is 1. The molecule has 0 saturated heterocycles. The third kappa shape index (κ3) is 3.53. The van der Waals surface area contributed by atoms with Crippen LogP contribution in [0.3, 0.4) is 0 Å². The highest BCUT2D eigenvalue weighted by Gasteiger charge is 2.24. The van der Waals surface area contributed by atoms with Crippen molar-refractivity contribution >= 4 is 22.6 Å². The van der Waals surface area contributed by atoms with Gasteiger partial charge in [0.1, 0.15) is 17.4 Å². The molecule has 5 rings (SSSR count). The third-order valence-corrected chi connectivity index (χ3v) is 5.61. The maximum atomic E-state index is 13.4. The Morgan fingerprint density at radius 2 is 1.79 bits per heavy atom. The van der Waals surface area contributed by atoms with Crippen LogP contribution in [0.5, 0.6) is 0 Å². The minimum absolute atomic E-state index is 0.0115. The molecule has 0 saturated carbocycles. The number of hydrogen-bond donors (Lipinski definition) is 1. The standard InChI is InChI=1S/C24H18FN5O3/c1-14-20(16-7-9-17(25)10-8-16)22-27-26-21-18(30(22)28-14)11-12-29(23(21)31)19(24(32)33)13-15-5-3-2-4-6-15/h2-12,19H,13H2,1H3,(H,32,33). The zero-order valence-electron chi connectivity index (χ0n) is 17.5. The average molecular weight is 443 g/mol. The summed E-state index contributed by atoms with van der Waals surface area (Å²) in [5.41, 5.74) is 3.11. The molecule has 1 N–H and O–H groups in total. The van der Waals surface area contributed by atoms with Crippen molar-refractivity contribution in [3.63, 3.8) is 0 Å². The summed E-state index contributed by atoms with van der Waals surface area (Å²) in [5, 5.41) is 22.7. The Bertz CT molecular complexity index is 1560. The van der Waals surface area contributed by atoms with E-state index in [0.717, 1.165) is 15.7 Å². The van der Waals surface area contributed by atoms with Gasteiger partial charge in [0.2, 0.25) is 0 Å². The molecular weight excluding hydrogens is 425 g/mol. The Kier molecular flexibility index (Phi) is 4.93. The van der Waals surface area contributed by atoms with Gasteiger partial charge in [-0.2, -0.15) is 5.10 Å². The molecule has 9 heteroatoms. The first-order chi connectivity index (χ1) is 15.9. The van der Waals surface area contributed by atoms with Gasteiger partial charge in [-0.3, -0.25) is 9.36 Å². The first-order valence-electron chi connectivity index (χ1n) is 10.2. The van der Waals surface area contributed by atoms with E-state index in [1.807, 2.05) is 30.3 Å². The number of carboxylic acids is 1. The molecule has 33 heavy (non-hydrogen) atoms. The number of aromatic nitrogens is 5. The van der Waals surface area contributed by atoms with Crippen LogP contribution in [0.15, 0.2) is 71.7 Å². The fourth-order valence-corrected chi connectivity index (χ4v) is 4.01. The molecule has 0 aliphatic carbocycles. The lowest BCUT2D eigenvalue weighted by molar-refractivity contribution is -0.141. The summed E-state index contributed by atoms with van der Waals surface area (Å²) < 4.78 is 16.0. The van der Waals surface area contributed by atoms with Crippen LogP contribution < -0.4 is 5.56 Å². The molecule has 0 fully saturated rings. The van der Waals surface area contributed by atoms with Crippen molar-refractivity contribution < 1.29 is 14.3 Å². The quantitative estimate of drug-likeness (QED) is 0.447. The largest absolute Gasteiger partial charge is 0.480 e. The number of aryl methyl sites for hydroxylation is 1.